The molecule has 1 aliphatic carbocycles. The van der Waals surface area contributed by atoms with Crippen molar-refractivity contribution < 1.29 is 84.4 Å². The van der Waals surface area contributed by atoms with Gasteiger partial charge in [0, 0.05) is 67.4 Å². The molecule has 5 N–H and O–H groups in total. The molecule has 2 fully saturated rings. The normalized spacial score (nSPS) is 17.5. The Kier molecular flexibility index (Phi) is 37.5. The van der Waals surface area contributed by atoms with E-state index in [-0.39, 0.29) is 72.0 Å². The van der Waals surface area contributed by atoms with Crippen LogP contribution in [0, 0.1) is 0 Å². The number of alkyl halides is 3. The molecule has 4 atom stereocenters. The molecule has 3 amide bonds. The van der Waals surface area contributed by atoms with E-state index in [1.807, 2.05) is 0 Å². The third-order valence-corrected chi connectivity index (χ3v) is 12.8. The number of hydrogen-bond acceptors (Lipinski definition) is 21. The van der Waals surface area contributed by atoms with E-state index < -0.39 is 17.8 Å². The molecule has 0 bridgehead atoms. The van der Waals surface area contributed by atoms with Crippen LogP contribution in [0.2, 0.25) is 0 Å². The number of amides is 3. The molecule has 2 heterocycles. The third kappa shape index (κ3) is 32.7. The molecule has 2 aliphatic rings. The minimum absolute atomic E-state index is 0.119. The van der Waals surface area contributed by atoms with Crippen molar-refractivity contribution in [3.8, 4) is 0 Å². The number of fused-ring (bicyclic) bond motifs is 1. The number of nitrogens with one attached hydrogen (secondary N) is 5. The predicted octanol–water partition coefficient (Wildman–Crippen LogP) is 3.45. The van der Waals surface area contributed by atoms with Gasteiger partial charge in [0.25, 0.3) is 0 Å². The van der Waals surface area contributed by atoms with E-state index in [4.69, 9.17) is 62.4 Å². The Labute approximate surface area is 491 Å². The summed E-state index contributed by atoms with van der Waals surface area (Å²) in [6, 6.07) is 2.08. The van der Waals surface area contributed by atoms with E-state index in [1.165, 1.54) is 12.4 Å². The summed E-state index contributed by atoms with van der Waals surface area (Å²) in [6.45, 7) is 18.5. The Hall–Kier alpha value is -4.69. The first-order valence-corrected chi connectivity index (χ1v) is 29.1. The summed E-state index contributed by atoms with van der Waals surface area (Å²) in [5, 5.41) is 19.5. The number of azide groups is 1. The van der Waals surface area contributed by atoms with Crippen molar-refractivity contribution in [3.63, 3.8) is 0 Å². The molecule has 1 saturated carbocycles. The lowest BCUT2D eigenvalue weighted by Gasteiger charge is -2.43. The first-order chi connectivity index (χ1) is 40.7. The van der Waals surface area contributed by atoms with Crippen LogP contribution in [0.25, 0.3) is 21.3 Å². The first-order valence-electron chi connectivity index (χ1n) is 29.1. The summed E-state index contributed by atoms with van der Waals surface area (Å²) in [5.41, 5.74) is 7.53. The number of halogens is 3. The molecule has 1 aromatic heterocycles. The Morgan fingerprint density at radius 3 is 1.64 bits per heavy atom. The Morgan fingerprint density at radius 2 is 1.13 bits per heavy atom. The van der Waals surface area contributed by atoms with E-state index in [0.29, 0.717) is 209 Å². The zero-order valence-corrected chi connectivity index (χ0v) is 49.3. The SMILES string of the molecule is CC(C)(C)N[C@@H]1CC[C@H](N2CC[C@H](Nc3ncnc4ccc(C(F)(F)F)cc34)C2=O)[C@H](NC(=O)CCOCCOCCOCCOCCOCCOCCNC(=O)CCOCCOCCOCCNCCOCCOCCOCCN=[N+]=[N-])C1. The topological polar surface area (TPSA) is 300 Å². The molecule has 1 aliphatic heterocycles. The van der Waals surface area contributed by atoms with Crippen LogP contribution in [0.3, 0.4) is 0 Å². The van der Waals surface area contributed by atoms with Crippen LogP contribution in [0.4, 0.5) is 19.0 Å². The average Bonchev–Trinajstić information content (AvgIpc) is 3.98. The number of rotatable bonds is 50. The highest BCUT2D eigenvalue weighted by Gasteiger charge is 2.43. The Balaban J connectivity index is 0.880. The summed E-state index contributed by atoms with van der Waals surface area (Å²) in [6.07, 6.45) is -0.428. The molecular weight excluding hydrogens is 1110 g/mol. The molecule has 2 aromatic rings. The van der Waals surface area contributed by atoms with Crippen LogP contribution < -0.4 is 26.6 Å². The lowest BCUT2D eigenvalue weighted by atomic mass is 9.84. The number of carbonyl (C=O) groups is 3. The zero-order chi connectivity index (χ0) is 60.4. The lowest BCUT2D eigenvalue weighted by molar-refractivity contribution is -0.137. The fourth-order valence-corrected chi connectivity index (χ4v) is 8.91. The standard InChI is InChI=1S/C55H92F3N11O15/c1-54(2,3)67-44-5-7-49(69-15-8-47(53(69)72)66-52-45-40-43(55(56,57)58)4-6-46(45)62-42-63-52)48(41-44)65-51(71)10-17-74-23-29-80-34-36-83-38-39-84-37-35-82-32-26-77-20-13-61-50(70)9-16-73-22-28-79-30-24-75-18-11-60-12-19-76-25-31-81-33-27-78-21-14-64-68-59/h4,6,40,42,44,47-49,60,67H,5,7-39,41H2,1-3H3,(H,61,70)(H,65,71)(H,62,63,66)/t44-,47+,48-,49+/m1/s1. The lowest BCUT2D eigenvalue weighted by Crippen LogP contribution is -2.59. The van der Waals surface area contributed by atoms with Crippen LogP contribution in [0.1, 0.15) is 64.9 Å². The number of hydrogen-bond donors (Lipinski definition) is 5. The van der Waals surface area contributed by atoms with Gasteiger partial charge >= 0.3 is 6.18 Å². The number of anilines is 1. The summed E-state index contributed by atoms with van der Waals surface area (Å²) >= 11 is 0. The number of carbonyl (C=O) groups excluding carboxylic acids is 3. The number of ether oxygens (including phenoxy) is 12. The van der Waals surface area contributed by atoms with Gasteiger partial charge in [-0.15, -0.1) is 0 Å². The highest BCUT2D eigenvalue weighted by atomic mass is 19.4. The third-order valence-electron chi connectivity index (χ3n) is 12.8. The van der Waals surface area contributed by atoms with Crippen molar-refractivity contribution in [1.82, 2.24) is 36.1 Å². The van der Waals surface area contributed by atoms with Gasteiger partial charge in [-0.3, -0.25) is 14.4 Å². The van der Waals surface area contributed by atoms with Crippen molar-refractivity contribution in [1.29, 1.82) is 0 Å². The van der Waals surface area contributed by atoms with Crippen LogP contribution >= 0.6 is 0 Å². The Morgan fingerprint density at radius 1 is 0.643 bits per heavy atom. The van der Waals surface area contributed by atoms with Gasteiger partial charge in [0.15, 0.2) is 0 Å². The summed E-state index contributed by atoms with van der Waals surface area (Å²) in [5.74, 6) is -0.348. The highest BCUT2D eigenvalue weighted by Crippen LogP contribution is 2.34. The molecule has 1 aromatic carbocycles. The second kappa shape index (κ2) is 43.9. The summed E-state index contributed by atoms with van der Waals surface area (Å²) < 4.78 is 107. The van der Waals surface area contributed by atoms with Crippen molar-refractivity contribution in [2.75, 3.05) is 197 Å². The molecule has 29 heteroatoms. The monoisotopic (exact) mass is 1200 g/mol. The van der Waals surface area contributed by atoms with Crippen molar-refractivity contribution in [2.45, 2.75) is 95.2 Å². The van der Waals surface area contributed by atoms with E-state index in [2.05, 4.69) is 67.3 Å². The van der Waals surface area contributed by atoms with Crippen LogP contribution in [-0.2, 0) is 77.4 Å². The van der Waals surface area contributed by atoms with Crippen LogP contribution in [0.15, 0.2) is 29.6 Å². The van der Waals surface area contributed by atoms with E-state index in [9.17, 15) is 27.6 Å². The first kappa shape index (κ1) is 71.8. The van der Waals surface area contributed by atoms with E-state index >= 15 is 0 Å². The molecule has 26 nitrogen and oxygen atoms in total. The maximum absolute atomic E-state index is 13.9. The number of benzene rings is 1. The van der Waals surface area contributed by atoms with Crippen molar-refractivity contribution in [3.05, 3.63) is 40.5 Å². The largest absolute Gasteiger partial charge is 0.416 e. The molecule has 1 saturated heterocycles. The highest BCUT2D eigenvalue weighted by molar-refractivity contribution is 5.93. The second-order valence-corrected chi connectivity index (χ2v) is 20.5. The summed E-state index contributed by atoms with van der Waals surface area (Å²) in [7, 11) is 0. The molecule has 84 heavy (non-hydrogen) atoms. The van der Waals surface area contributed by atoms with Crippen molar-refractivity contribution >= 4 is 34.4 Å². The van der Waals surface area contributed by atoms with Crippen molar-refractivity contribution in [2.24, 2.45) is 5.11 Å². The number of likely N-dealkylation sites (tertiary alicyclic amines) is 1. The second-order valence-electron chi connectivity index (χ2n) is 20.5. The minimum Gasteiger partial charge on any atom is -0.379 e. The average molecular weight is 1200 g/mol. The molecule has 478 valence electrons. The van der Waals surface area contributed by atoms with Gasteiger partial charge in [-0.2, -0.15) is 13.2 Å². The number of aromatic nitrogens is 2. The van der Waals surface area contributed by atoms with Gasteiger partial charge in [-0.1, -0.05) is 5.11 Å². The Bertz CT molecular complexity index is 2150. The van der Waals surface area contributed by atoms with Gasteiger partial charge in [-0.05, 0) is 70.2 Å². The molecule has 0 spiro atoms. The fourth-order valence-electron chi connectivity index (χ4n) is 8.91. The maximum atomic E-state index is 13.9. The van der Waals surface area contributed by atoms with Crippen LogP contribution in [-0.4, -0.2) is 254 Å². The number of nitrogens with zero attached hydrogens (tertiary/aromatic N) is 6. The van der Waals surface area contributed by atoms with Gasteiger partial charge in [0.05, 0.1) is 182 Å². The summed E-state index contributed by atoms with van der Waals surface area (Å²) in [4.78, 5) is 52.0. The van der Waals surface area contributed by atoms with Gasteiger partial charge in [-0.25, -0.2) is 9.97 Å². The van der Waals surface area contributed by atoms with E-state index in [1.54, 1.807) is 4.90 Å². The van der Waals surface area contributed by atoms with Gasteiger partial charge in [0.2, 0.25) is 17.7 Å². The molecule has 0 radical (unpaired) electrons. The molecule has 4 rings (SSSR count). The fraction of sp³-hybridized carbons (Fsp3) is 0.800. The zero-order valence-electron chi connectivity index (χ0n) is 49.3. The van der Waals surface area contributed by atoms with Gasteiger partial charge < -0.3 is 88.3 Å². The van der Waals surface area contributed by atoms with Crippen LogP contribution in [0.5, 0.6) is 0 Å². The minimum atomic E-state index is -4.55. The quantitative estimate of drug-likeness (QED) is 0.0274. The smallest absolute Gasteiger partial charge is 0.379 e. The van der Waals surface area contributed by atoms with Gasteiger partial charge in [0.1, 0.15) is 18.2 Å². The molecular formula is C55H92F3N11O15. The maximum Gasteiger partial charge on any atom is 0.416 e. The molecule has 0 unspecified atom stereocenters. The van der Waals surface area contributed by atoms with E-state index in [0.717, 1.165) is 18.6 Å². The predicted molar refractivity (Wildman–Crippen MR) is 303 cm³/mol.